The van der Waals surface area contributed by atoms with E-state index in [2.05, 4.69) is 33.5 Å². The number of aliphatic hydroxyl groups excluding tert-OH is 1. The predicted molar refractivity (Wildman–Crippen MR) is 97.2 cm³/mol. The van der Waals surface area contributed by atoms with Gasteiger partial charge in [-0.3, -0.25) is 9.58 Å². The van der Waals surface area contributed by atoms with E-state index in [-0.39, 0.29) is 6.10 Å². The van der Waals surface area contributed by atoms with Crippen molar-refractivity contribution in [3.05, 3.63) is 46.2 Å². The molecule has 1 aliphatic heterocycles. The third-order valence-electron chi connectivity index (χ3n) is 4.68. The van der Waals surface area contributed by atoms with Gasteiger partial charge in [0, 0.05) is 32.4 Å². The number of rotatable bonds is 5. The number of nitrogens with zero attached hydrogens (tertiary/aromatic N) is 3. The molecule has 1 aromatic carbocycles. The van der Waals surface area contributed by atoms with E-state index in [4.69, 9.17) is 11.6 Å². The lowest BCUT2D eigenvalue weighted by Gasteiger charge is -2.30. The summed E-state index contributed by atoms with van der Waals surface area (Å²) >= 11 is 6.33. The summed E-state index contributed by atoms with van der Waals surface area (Å²) in [6, 6.07) is 8.37. The lowest BCUT2D eigenvalue weighted by atomic mass is 10.1. The fourth-order valence-electron chi connectivity index (χ4n) is 3.20. The van der Waals surface area contributed by atoms with Gasteiger partial charge in [0.25, 0.3) is 0 Å². The molecule has 0 bridgehead atoms. The van der Waals surface area contributed by atoms with Crippen molar-refractivity contribution >= 4 is 17.3 Å². The summed E-state index contributed by atoms with van der Waals surface area (Å²) in [7, 11) is 1.92. The monoisotopic (exact) mass is 348 g/mol. The van der Waals surface area contributed by atoms with Gasteiger partial charge in [-0.2, -0.15) is 5.10 Å². The van der Waals surface area contributed by atoms with E-state index in [1.807, 2.05) is 24.7 Å². The molecule has 1 fully saturated rings. The van der Waals surface area contributed by atoms with Crippen molar-refractivity contribution in [2.45, 2.75) is 39.0 Å². The number of piperidine rings is 1. The molecule has 2 N–H and O–H groups in total. The summed E-state index contributed by atoms with van der Waals surface area (Å²) in [5, 5.41) is 18.2. The minimum absolute atomic E-state index is 0.134. The Balaban J connectivity index is 1.68. The normalized spacial score (nSPS) is 16.5. The van der Waals surface area contributed by atoms with Crippen molar-refractivity contribution < 1.29 is 5.11 Å². The Kier molecular flexibility index (Phi) is 5.43. The molecule has 0 unspecified atom stereocenters. The van der Waals surface area contributed by atoms with Crippen molar-refractivity contribution in [2.75, 3.05) is 18.4 Å². The van der Waals surface area contributed by atoms with Gasteiger partial charge >= 0.3 is 0 Å². The highest BCUT2D eigenvalue weighted by Gasteiger charge is 2.18. The first-order chi connectivity index (χ1) is 11.5. The van der Waals surface area contributed by atoms with Crippen LogP contribution in [0.25, 0.3) is 0 Å². The molecular formula is C18H25ClN4O. The van der Waals surface area contributed by atoms with E-state index in [0.29, 0.717) is 6.54 Å². The maximum atomic E-state index is 9.65. The third kappa shape index (κ3) is 3.91. The Morgan fingerprint density at radius 1 is 1.29 bits per heavy atom. The molecule has 0 saturated carbocycles. The summed E-state index contributed by atoms with van der Waals surface area (Å²) in [6.45, 7) is 5.36. The predicted octanol–water partition coefficient (Wildman–Crippen LogP) is 2.95. The van der Waals surface area contributed by atoms with Gasteiger partial charge in [-0.25, -0.2) is 0 Å². The topological polar surface area (TPSA) is 53.3 Å². The SMILES string of the molecule is Cc1nn(C)c(CNc2ccccc2CN2CCC(O)CC2)c1Cl. The van der Waals surface area contributed by atoms with Gasteiger partial charge in [0.15, 0.2) is 0 Å². The summed E-state index contributed by atoms with van der Waals surface area (Å²) in [5.74, 6) is 0. The number of likely N-dealkylation sites (tertiary alicyclic amines) is 1. The van der Waals surface area contributed by atoms with Crippen LogP contribution >= 0.6 is 11.6 Å². The molecular weight excluding hydrogens is 324 g/mol. The van der Waals surface area contributed by atoms with Crippen LogP contribution in [0.1, 0.15) is 29.8 Å². The molecule has 0 aliphatic carbocycles. The van der Waals surface area contributed by atoms with Gasteiger partial charge in [0.05, 0.1) is 29.1 Å². The van der Waals surface area contributed by atoms with Crippen molar-refractivity contribution in [2.24, 2.45) is 7.05 Å². The van der Waals surface area contributed by atoms with Gasteiger partial charge in [-0.1, -0.05) is 29.8 Å². The van der Waals surface area contributed by atoms with Crippen molar-refractivity contribution in [3.8, 4) is 0 Å². The second-order valence-electron chi connectivity index (χ2n) is 6.49. The molecule has 2 heterocycles. The Morgan fingerprint density at radius 2 is 2.00 bits per heavy atom. The van der Waals surface area contributed by atoms with Crippen molar-refractivity contribution in [1.82, 2.24) is 14.7 Å². The van der Waals surface area contributed by atoms with Gasteiger partial charge < -0.3 is 10.4 Å². The third-order valence-corrected chi connectivity index (χ3v) is 5.17. The number of benzene rings is 1. The molecule has 1 saturated heterocycles. The second kappa shape index (κ2) is 7.55. The maximum Gasteiger partial charge on any atom is 0.0865 e. The van der Waals surface area contributed by atoms with Crippen LogP contribution < -0.4 is 5.32 Å². The van der Waals surface area contributed by atoms with Crippen LogP contribution in [0.4, 0.5) is 5.69 Å². The van der Waals surface area contributed by atoms with Gasteiger partial charge in [0.1, 0.15) is 0 Å². The van der Waals surface area contributed by atoms with Crippen LogP contribution in [0.2, 0.25) is 5.02 Å². The first-order valence-corrected chi connectivity index (χ1v) is 8.82. The Morgan fingerprint density at radius 3 is 2.67 bits per heavy atom. The van der Waals surface area contributed by atoms with Crippen LogP contribution in [-0.2, 0) is 20.1 Å². The highest BCUT2D eigenvalue weighted by atomic mass is 35.5. The largest absolute Gasteiger partial charge is 0.393 e. The van der Waals surface area contributed by atoms with E-state index >= 15 is 0 Å². The van der Waals surface area contributed by atoms with E-state index in [1.165, 1.54) is 5.56 Å². The number of aliphatic hydroxyl groups is 1. The van der Waals surface area contributed by atoms with Gasteiger partial charge in [-0.05, 0) is 31.4 Å². The summed E-state index contributed by atoms with van der Waals surface area (Å²) < 4.78 is 1.83. The molecule has 0 amide bonds. The molecule has 0 spiro atoms. The number of hydrogen-bond donors (Lipinski definition) is 2. The van der Waals surface area contributed by atoms with Crippen molar-refractivity contribution in [3.63, 3.8) is 0 Å². The minimum atomic E-state index is -0.134. The highest BCUT2D eigenvalue weighted by Crippen LogP contribution is 2.23. The first kappa shape index (κ1) is 17.3. The molecule has 2 aromatic rings. The Bertz CT molecular complexity index is 692. The van der Waals surface area contributed by atoms with Crippen LogP contribution in [0, 0.1) is 6.92 Å². The van der Waals surface area contributed by atoms with Gasteiger partial charge in [0.2, 0.25) is 0 Å². The molecule has 0 radical (unpaired) electrons. The molecule has 5 nitrogen and oxygen atoms in total. The average Bonchev–Trinajstić information content (AvgIpc) is 2.81. The fraction of sp³-hybridized carbons (Fsp3) is 0.500. The van der Waals surface area contributed by atoms with Gasteiger partial charge in [-0.15, -0.1) is 0 Å². The summed E-state index contributed by atoms with van der Waals surface area (Å²) in [4.78, 5) is 2.40. The number of anilines is 1. The summed E-state index contributed by atoms with van der Waals surface area (Å²) in [6.07, 6.45) is 1.59. The molecule has 6 heteroatoms. The second-order valence-corrected chi connectivity index (χ2v) is 6.87. The zero-order valence-corrected chi connectivity index (χ0v) is 15.1. The maximum absolute atomic E-state index is 9.65. The number of aryl methyl sites for hydroxylation is 2. The van der Waals surface area contributed by atoms with Crippen LogP contribution in [0.3, 0.4) is 0 Å². The molecule has 1 aromatic heterocycles. The summed E-state index contributed by atoms with van der Waals surface area (Å²) in [5.41, 5.74) is 4.24. The first-order valence-electron chi connectivity index (χ1n) is 8.44. The Labute approximate surface area is 148 Å². The number of halogens is 1. The van der Waals surface area contributed by atoms with Crippen LogP contribution in [-0.4, -0.2) is 39.0 Å². The Hall–Kier alpha value is -1.56. The number of aromatic nitrogens is 2. The lowest BCUT2D eigenvalue weighted by molar-refractivity contribution is 0.0793. The molecule has 1 aliphatic rings. The van der Waals surface area contributed by atoms with Crippen LogP contribution in [0.15, 0.2) is 24.3 Å². The standard InChI is InChI=1S/C18H25ClN4O/c1-13-18(19)17(22(2)21-13)11-20-16-6-4-3-5-14(16)12-23-9-7-15(24)8-10-23/h3-6,15,20,24H,7-12H2,1-2H3. The van der Waals surface area contributed by atoms with Crippen molar-refractivity contribution in [1.29, 1.82) is 0 Å². The molecule has 24 heavy (non-hydrogen) atoms. The van der Waals surface area contributed by atoms with E-state index < -0.39 is 0 Å². The molecule has 0 atom stereocenters. The van der Waals surface area contributed by atoms with E-state index in [9.17, 15) is 5.11 Å². The molecule has 130 valence electrons. The smallest absolute Gasteiger partial charge is 0.0865 e. The zero-order valence-electron chi connectivity index (χ0n) is 14.3. The number of hydrogen-bond acceptors (Lipinski definition) is 4. The van der Waals surface area contributed by atoms with E-state index in [1.54, 1.807) is 0 Å². The molecule has 3 rings (SSSR count). The van der Waals surface area contributed by atoms with E-state index in [0.717, 1.165) is 54.6 Å². The fourth-order valence-corrected chi connectivity index (χ4v) is 3.43. The zero-order chi connectivity index (χ0) is 17.1. The number of para-hydroxylation sites is 1. The minimum Gasteiger partial charge on any atom is -0.393 e. The average molecular weight is 349 g/mol. The quantitative estimate of drug-likeness (QED) is 0.872. The van der Waals surface area contributed by atoms with Crippen LogP contribution in [0.5, 0.6) is 0 Å². The number of nitrogens with one attached hydrogen (secondary N) is 1. The lowest BCUT2D eigenvalue weighted by Crippen LogP contribution is -2.35. The highest BCUT2D eigenvalue weighted by molar-refractivity contribution is 6.31.